The minimum Gasteiger partial charge on any atom is -0.480 e. The van der Waals surface area contributed by atoms with Gasteiger partial charge in [0, 0.05) is 13.0 Å². The Bertz CT molecular complexity index is 437. The molecule has 0 spiro atoms. The standard InChI is InChI=1S/C12H15FN2O3/c13-9-3-1-2-8(6-9)7-15-10(12(17)18)4-5-11(14)16/h1-3,6,10,15H,4-5,7H2,(H2,14,16)(H,17,18). The van der Waals surface area contributed by atoms with Crippen molar-refractivity contribution in [2.45, 2.75) is 25.4 Å². The number of benzene rings is 1. The van der Waals surface area contributed by atoms with Crippen molar-refractivity contribution in [1.29, 1.82) is 0 Å². The van der Waals surface area contributed by atoms with E-state index in [2.05, 4.69) is 5.32 Å². The Balaban J connectivity index is 2.51. The summed E-state index contributed by atoms with van der Waals surface area (Å²) in [5, 5.41) is 11.7. The van der Waals surface area contributed by atoms with Crippen LogP contribution in [0.4, 0.5) is 4.39 Å². The highest BCUT2D eigenvalue weighted by Gasteiger charge is 2.17. The van der Waals surface area contributed by atoms with Crippen molar-refractivity contribution < 1.29 is 19.1 Å². The maximum absolute atomic E-state index is 12.9. The van der Waals surface area contributed by atoms with Crippen LogP contribution in [-0.4, -0.2) is 23.0 Å². The number of carbonyl (C=O) groups excluding carboxylic acids is 1. The molecule has 1 atom stereocenters. The molecule has 0 saturated carbocycles. The number of hydrogen-bond donors (Lipinski definition) is 3. The molecule has 0 fully saturated rings. The molecule has 5 nitrogen and oxygen atoms in total. The van der Waals surface area contributed by atoms with E-state index < -0.39 is 17.9 Å². The summed E-state index contributed by atoms with van der Waals surface area (Å²) in [5.41, 5.74) is 5.60. The molecule has 0 heterocycles. The molecule has 1 rings (SSSR count). The minimum absolute atomic E-state index is 0.00683. The number of halogens is 1. The number of primary amides is 1. The van der Waals surface area contributed by atoms with Gasteiger partial charge in [0.15, 0.2) is 0 Å². The predicted molar refractivity (Wildman–Crippen MR) is 63.1 cm³/mol. The summed E-state index contributed by atoms with van der Waals surface area (Å²) in [6.07, 6.45) is 0.104. The summed E-state index contributed by atoms with van der Waals surface area (Å²) in [4.78, 5) is 21.5. The summed E-state index contributed by atoms with van der Waals surface area (Å²) in [6, 6.07) is 4.99. The van der Waals surface area contributed by atoms with Crippen LogP contribution in [0.25, 0.3) is 0 Å². The molecule has 0 aromatic heterocycles. The van der Waals surface area contributed by atoms with Gasteiger partial charge in [-0.25, -0.2) is 4.39 Å². The second kappa shape index (κ2) is 6.70. The molecule has 0 radical (unpaired) electrons. The lowest BCUT2D eigenvalue weighted by atomic mass is 10.1. The molecular formula is C12H15FN2O3. The Morgan fingerprint density at radius 3 is 2.72 bits per heavy atom. The topological polar surface area (TPSA) is 92.4 Å². The van der Waals surface area contributed by atoms with E-state index in [-0.39, 0.29) is 25.2 Å². The van der Waals surface area contributed by atoms with Crippen LogP contribution in [0.5, 0.6) is 0 Å². The number of hydrogen-bond acceptors (Lipinski definition) is 3. The fraction of sp³-hybridized carbons (Fsp3) is 0.333. The number of carboxylic acid groups (broad SMARTS) is 1. The van der Waals surface area contributed by atoms with E-state index in [1.54, 1.807) is 12.1 Å². The van der Waals surface area contributed by atoms with E-state index in [4.69, 9.17) is 10.8 Å². The van der Waals surface area contributed by atoms with Crippen LogP contribution in [0.3, 0.4) is 0 Å². The largest absolute Gasteiger partial charge is 0.480 e. The molecule has 6 heteroatoms. The number of amides is 1. The number of rotatable bonds is 7. The zero-order chi connectivity index (χ0) is 13.5. The van der Waals surface area contributed by atoms with Gasteiger partial charge in [-0.15, -0.1) is 0 Å². The normalized spacial score (nSPS) is 12.1. The number of nitrogens with one attached hydrogen (secondary N) is 1. The van der Waals surface area contributed by atoms with Crippen molar-refractivity contribution in [2.24, 2.45) is 5.73 Å². The molecule has 1 aromatic carbocycles. The van der Waals surface area contributed by atoms with E-state index in [9.17, 15) is 14.0 Å². The lowest BCUT2D eigenvalue weighted by molar-refractivity contribution is -0.139. The van der Waals surface area contributed by atoms with Crippen molar-refractivity contribution in [3.8, 4) is 0 Å². The molecule has 18 heavy (non-hydrogen) atoms. The van der Waals surface area contributed by atoms with Crippen LogP contribution in [0.2, 0.25) is 0 Å². The smallest absolute Gasteiger partial charge is 0.320 e. The van der Waals surface area contributed by atoms with Gasteiger partial charge in [-0.3, -0.25) is 9.59 Å². The third-order valence-electron chi connectivity index (χ3n) is 2.42. The van der Waals surface area contributed by atoms with Gasteiger partial charge in [-0.05, 0) is 24.1 Å². The quantitative estimate of drug-likeness (QED) is 0.665. The molecule has 1 aromatic rings. The Morgan fingerprint density at radius 2 is 2.17 bits per heavy atom. The van der Waals surface area contributed by atoms with Crippen LogP contribution in [-0.2, 0) is 16.1 Å². The molecular weight excluding hydrogens is 239 g/mol. The average molecular weight is 254 g/mol. The van der Waals surface area contributed by atoms with Crippen molar-refractivity contribution in [1.82, 2.24) is 5.32 Å². The first kappa shape index (κ1) is 14.1. The third kappa shape index (κ3) is 4.92. The summed E-state index contributed by atoms with van der Waals surface area (Å²) in [7, 11) is 0. The van der Waals surface area contributed by atoms with E-state index in [1.807, 2.05) is 0 Å². The van der Waals surface area contributed by atoms with Crippen molar-refractivity contribution in [3.63, 3.8) is 0 Å². The highest BCUT2D eigenvalue weighted by molar-refractivity contribution is 5.77. The molecule has 0 aliphatic rings. The van der Waals surface area contributed by atoms with Gasteiger partial charge < -0.3 is 16.2 Å². The van der Waals surface area contributed by atoms with Crippen molar-refractivity contribution in [3.05, 3.63) is 35.6 Å². The van der Waals surface area contributed by atoms with Gasteiger partial charge in [0.1, 0.15) is 11.9 Å². The van der Waals surface area contributed by atoms with Crippen LogP contribution in [0, 0.1) is 5.82 Å². The maximum Gasteiger partial charge on any atom is 0.320 e. The van der Waals surface area contributed by atoms with Crippen LogP contribution < -0.4 is 11.1 Å². The summed E-state index contributed by atoms with van der Waals surface area (Å²) in [6.45, 7) is 0.216. The zero-order valence-corrected chi connectivity index (χ0v) is 9.73. The molecule has 0 aliphatic carbocycles. The van der Waals surface area contributed by atoms with E-state index in [1.165, 1.54) is 12.1 Å². The van der Waals surface area contributed by atoms with Gasteiger partial charge in [0.05, 0.1) is 0 Å². The highest BCUT2D eigenvalue weighted by Crippen LogP contribution is 2.05. The molecule has 1 amide bonds. The van der Waals surface area contributed by atoms with Crippen LogP contribution in [0.15, 0.2) is 24.3 Å². The van der Waals surface area contributed by atoms with E-state index >= 15 is 0 Å². The fourth-order valence-corrected chi connectivity index (χ4v) is 1.49. The molecule has 0 saturated heterocycles. The van der Waals surface area contributed by atoms with Crippen molar-refractivity contribution >= 4 is 11.9 Å². The van der Waals surface area contributed by atoms with Gasteiger partial charge in [-0.1, -0.05) is 12.1 Å². The number of carbonyl (C=O) groups is 2. The van der Waals surface area contributed by atoms with Gasteiger partial charge in [0.25, 0.3) is 0 Å². The number of aliphatic carboxylic acids is 1. The number of nitrogens with two attached hydrogens (primary N) is 1. The van der Waals surface area contributed by atoms with Gasteiger partial charge in [-0.2, -0.15) is 0 Å². The second-order valence-electron chi connectivity index (χ2n) is 3.91. The first-order valence-corrected chi connectivity index (χ1v) is 5.48. The van der Waals surface area contributed by atoms with E-state index in [0.717, 1.165) is 0 Å². The summed E-state index contributed by atoms with van der Waals surface area (Å²) >= 11 is 0. The lowest BCUT2D eigenvalue weighted by Crippen LogP contribution is -2.37. The van der Waals surface area contributed by atoms with E-state index in [0.29, 0.717) is 5.56 Å². The Kier molecular flexibility index (Phi) is 5.26. The zero-order valence-electron chi connectivity index (χ0n) is 9.73. The first-order valence-electron chi connectivity index (χ1n) is 5.48. The average Bonchev–Trinajstić information content (AvgIpc) is 2.28. The Labute approximate surface area is 104 Å². The monoisotopic (exact) mass is 254 g/mol. The van der Waals surface area contributed by atoms with Gasteiger partial charge in [0.2, 0.25) is 5.91 Å². The lowest BCUT2D eigenvalue weighted by Gasteiger charge is -2.13. The molecule has 0 bridgehead atoms. The first-order chi connectivity index (χ1) is 8.49. The molecule has 4 N–H and O–H groups in total. The fourth-order valence-electron chi connectivity index (χ4n) is 1.49. The van der Waals surface area contributed by atoms with Crippen LogP contribution in [0.1, 0.15) is 18.4 Å². The summed E-state index contributed by atoms with van der Waals surface area (Å²) < 4.78 is 12.9. The third-order valence-corrected chi connectivity index (χ3v) is 2.42. The second-order valence-corrected chi connectivity index (χ2v) is 3.91. The van der Waals surface area contributed by atoms with Crippen LogP contribution >= 0.6 is 0 Å². The van der Waals surface area contributed by atoms with Crippen molar-refractivity contribution in [2.75, 3.05) is 0 Å². The maximum atomic E-state index is 12.9. The Morgan fingerprint density at radius 1 is 1.44 bits per heavy atom. The Hall–Kier alpha value is -1.95. The molecule has 98 valence electrons. The highest BCUT2D eigenvalue weighted by atomic mass is 19.1. The minimum atomic E-state index is -1.06. The van der Waals surface area contributed by atoms with Gasteiger partial charge >= 0.3 is 5.97 Å². The number of carboxylic acids is 1. The SMILES string of the molecule is NC(=O)CCC(NCc1cccc(F)c1)C(=O)O. The predicted octanol–water partition coefficient (Wildman–Crippen LogP) is 0.634. The molecule has 1 unspecified atom stereocenters. The molecule has 0 aliphatic heterocycles. The summed E-state index contributed by atoms with van der Waals surface area (Å²) in [5.74, 6) is -1.99.